The number of rotatable bonds is 2. The van der Waals surface area contributed by atoms with Crippen molar-refractivity contribution in [2.45, 2.75) is 24.7 Å². The zero-order chi connectivity index (χ0) is 12.4. The number of hydrogen-bond acceptors (Lipinski definition) is 1. The normalized spacial score (nSPS) is 23.1. The first-order chi connectivity index (χ1) is 8.86. The van der Waals surface area contributed by atoms with Crippen LogP contribution >= 0.6 is 0 Å². The number of benzene rings is 1. The van der Waals surface area contributed by atoms with Gasteiger partial charge in [-0.1, -0.05) is 42.5 Å². The molecule has 0 N–H and O–H groups in total. The summed E-state index contributed by atoms with van der Waals surface area (Å²) in [5.41, 5.74) is 1.25. The molecule has 18 heavy (non-hydrogen) atoms. The number of aromatic nitrogens is 1. The molecular formula is C17H17N. The molecule has 0 amide bonds. The first-order valence-electron chi connectivity index (χ1n) is 6.50. The molecule has 0 spiro atoms. The van der Waals surface area contributed by atoms with Gasteiger partial charge in [0.05, 0.1) is 0 Å². The van der Waals surface area contributed by atoms with Crippen molar-refractivity contribution in [3.05, 3.63) is 67.0 Å². The van der Waals surface area contributed by atoms with E-state index in [1.807, 2.05) is 12.4 Å². The summed E-state index contributed by atoms with van der Waals surface area (Å²) in [6, 6.07) is 8.45. The molecule has 0 saturated heterocycles. The van der Waals surface area contributed by atoms with Crippen molar-refractivity contribution < 1.29 is 0 Å². The molecule has 1 aliphatic carbocycles. The minimum absolute atomic E-state index is 0.0356. The van der Waals surface area contributed by atoms with Crippen molar-refractivity contribution in [2.24, 2.45) is 0 Å². The van der Waals surface area contributed by atoms with Crippen LogP contribution in [0, 0.1) is 0 Å². The van der Waals surface area contributed by atoms with E-state index >= 15 is 0 Å². The van der Waals surface area contributed by atoms with Gasteiger partial charge in [-0.2, -0.15) is 0 Å². The van der Waals surface area contributed by atoms with Gasteiger partial charge in [0.15, 0.2) is 0 Å². The Kier molecular flexibility index (Phi) is 2.75. The second-order valence-corrected chi connectivity index (χ2v) is 4.95. The first-order valence-corrected chi connectivity index (χ1v) is 6.50. The molecule has 1 aromatic carbocycles. The van der Waals surface area contributed by atoms with Crippen LogP contribution in [0.1, 0.15) is 24.8 Å². The number of hydrogen-bond donors (Lipinski definition) is 0. The predicted octanol–water partition coefficient (Wildman–Crippen LogP) is 4.40. The molecule has 0 saturated carbocycles. The van der Waals surface area contributed by atoms with Gasteiger partial charge in [-0.05, 0) is 30.2 Å². The largest absolute Gasteiger partial charge is 0.264 e. The highest BCUT2D eigenvalue weighted by atomic mass is 14.6. The van der Waals surface area contributed by atoms with Gasteiger partial charge in [0.25, 0.3) is 0 Å². The molecule has 1 heteroatoms. The van der Waals surface area contributed by atoms with Gasteiger partial charge >= 0.3 is 0 Å². The van der Waals surface area contributed by atoms with E-state index in [2.05, 4.69) is 54.1 Å². The van der Waals surface area contributed by atoms with E-state index in [9.17, 15) is 0 Å². The average molecular weight is 235 g/mol. The molecule has 1 unspecified atom stereocenters. The Balaban J connectivity index is 2.27. The molecule has 90 valence electrons. The van der Waals surface area contributed by atoms with E-state index < -0.39 is 0 Å². The Hall–Kier alpha value is -1.89. The Morgan fingerprint density at radius 1 is 1.22 bits per heavy atom. The van der Waals surface area contributed by atoms with Gasteiger partial charge in [0.1, 0.15) is 0 Å². The molecule has 1 aromatic heterocycles. The summed E-state index contributed by atoms with van der Waals surface area (Å²) in [5, 5.41) is 2.49. The highest BCUT2D eigenvalue weighted by molar-refractivity contribution is 5.86. The molecule has 2 aromatic rings. The van der Waals surface area contributed by atoms with E-state index in [0.29, 0.717) is 0 Å². The second kappa shape index (κ2) is 4.41. The average Bonchev–Trinajstić information content (AvgIpc) is 2.47. The fraction of sp³-hybridized carbons (Fsp3) is 0.235. The first kappa shape index (κ1) is 11.2. The standard InChI is InChI=1S/C17H17N/c1-2-17(10-6-3-7-11-17)16-13-18-12-14-8-4-5-9-15(14)16/h2,4-6,8-10,12-13H,1,3,7,11H2. The van der Waals surface area contributed by atoms with Gasteiger partial charge in [0.2, 0.25) is 0 Å². The third-order valence-electron chi connectivity index (χ3n) is 3.91. The highest BCUT2D eigenvalue weighted by Crippen LogP contribution is 2.39. The van der Waals surface area contributed by atoms with Crippen LogP contribution in [0.2, 0.25) is 0 Å². The smallest absolute Gasteiger partial charge is 0.0346 e. The number of nitrogens with zero attached hydrogens (tertiary/aromatic N) is 1. The number of fused-ring (bicyclic) bond motifs is 1. The van der Waals surface area contributed by atoms with E-state index in [1.54, 1.807) is 0 Å². The SMILES string of the molecule is C=CC1(c2cncc3ccccc23)C=CCCC1. The van der Waals surface area contributed by atoms with Crippen LogP contribution in [0.5, 0.6) is 0 Å². The molecule has 1 aliphatic rings. The molecule has 0 radical (unpaired) electrons. The number of allylic oxidation sites excluding steroid dienone is 3. The Morgan fingerprint density at radius 3 is 2.89 bits per heavy atom. The van der Waals surface area contributed by atoms with E-state index in [1.165, 1.54) is 29.2 Å². The summed E-state index contributed by atoms with van der Waals surface area (Å²) >= 11 is 0. The summed E-state index contributed by atoms with van der Waals surface area (Å²) in [4.78, 5) is 4.40. The van der Waals surface area contributed by atoms with E-state index in [4.69, 9.17) is 0 Å². The lowest BCUT2D eigenvalue weighted by molar-refractivity contribution is 0.550. The van der Waals surface area contributed by atoms with Crippen molar-refractivity contribution >= 4 is 10.8 Å². The summed E-state index contributed by atoms with van der Waals surface area (Å²) in [5.74, 6) is 0. The summed E-state index contributed by atoms with van der Waals surface area (Å²) in [7, 11) is 0. The third-order valence-corrected chi connectivity index (χ3v) is 3.91. The highest BCUT2D eigenvalue weighted by Gasteiger charge is 2.29. The minimum Gasteiger partial charge on any atom is -0.264 e. The Bertz CT molecular complexity index is 607. The van der Waals surface area contributed by atoms with Crippen molar-refractivity contribution in [3.63, 3.8) is 0 Å². The topological polar surface area (TPSA) is 12.9 Å². The van der Waals surface area contributed by atoms with Crippen LogP contribution in [0.15, 0.2) is 61.5 Å². The maximum absolute atomic E-state index is 4.40. The summed E-state index contributed by atoms with van der Waals surface area (Å²) in [6.45, 7) is 4.06. The van der Waals surface area contributed by atoms with Crippen molar-refractivity contribution in [1.29, 1.82) is 0 Å². The fourth-order valence-electron chi connectivity index (χ4n) is 2.88. The zero-order valence-electron chi connectivity index (χ0n) is 10.5. The fourth-order valence-corrected chi connectivity index (χ4v) is 2.88. The van der Waals surface area contributed by atoms with Gasteiger partial charge in [-0.25, -0.2) is 0 Å². The monoisotopic (exact) mass is 235 g/mol. The lowest BCUT2D eigenvalue weighted by atomic mass is 9.73. The summed E-state index contributed by atoms with van der Waals surface area (Å²) in [6.07, 6.45) is 14.1. The summed E-state index contributed by atoms with van der Waals surface area (Å²) < 4.78 is 0. The maximum atomic E-state index is 4.40. The maximum Gasteiger partial charge on any atom is 0.0346 e. The van der Waals surface area contributed by atoms with Gasteiger partial charge in [-0.15, -0.1) is 6.58 Å². The number of pyridine rings is 1. The lowest BCUT2D eigenvalue weighted by Crippen LogP contribution is -2.23. The molecule has 0 bridgehead atoms. The van der Waals surface area contributed by atoms with Gasteiger partial charge in [0, 0.05) is 23.2 Å². The van der Waals surface area contributed by atoms with Gasteiger partial charge in [-0.3, -0.25) is 4.98 Å². The molecule has 1 atom stereocenters. The molecule has 0 aliphatic heterocycles. The van der Waals surface area contributed by atoms with Crippen LogP contribution in [0.3, 0.4) is 0 Å². The molecule has 0 fully saturated rings. The van der Waals surface area contributed by atoms with E-state index in [-0.39, 0.29) is 5.41 Å². The zero-order valence-corrected chi connectivity index (χ0v) is 10.5. The van der Waals surface area contributed by atoms with Crippen molar-refractivity contribution in [3.8, 4) is 0 Å². The molecule has 1 heterocycles. The Morgan fingerprint density at radius 2 is 2.11 bits per heavy atom. The Labute approximate surface area is 108 Å². The van der Waals surface area contributed by atoms with Crippen molar-refractivity contribution in [1.82, 2.24) is 4.98 Å². The van der Waals surface area contributed by atoms with Crippen LogP contribution in [-0.2, 0) is 5.41 Å². The lowest BCUT2D eigenvalue weighted by Gasteiger charge is -2.31. The minimum atomic E-state index is -0.0356. The van der Waals surface area contributed by atoms with Crippen LogP contribution < -0.4 is 0 Å². The van der Waals surface area contributed by atoms with E-state index in [0.717, 1.165) is 6.42 Å². The molecule has 3 rings (SSSR count). The predicted molar refractivity (Wildman–Crippen MR) is 76.6 cm³/mol. The van der Waals surface area contributed by atoms with Crippen LogP contribution in [0.25, 0.3) is 10.8 Å². The molecule has 1 nitrogen and oxygen atoms in total. The van der Waals surface area contributed by atoms with Crippen LogP contribution in [-0.4, -0.2) is 4.98 Å². The van der Waals surface area contributed by atoms with Gasteiger partial charge < -0.3 is 0 Å². The van der Waals surface area contributed by atoms with Crippen LogP contribution in [0.4, 0.5) is 0 Å². The molecular weight excluding hydrogens is 218 g/mol. The third kappa shape index (κ3) is 1.67. The van der Waals surface area contributed by atoms with Crippen molar-refractivity contribution in [2.75, 3.05) is 0 Å². The quantitative estimate of drug-likeness (QED) is 0.703. The second-order valence-electron chi connectivity index (χ2n) is 4.95.